The summed E-state index contributed by atoms with van der Waals surface area (Å²) in [6, 6.07) is 7.53. The molecule has 0 saturated heterocycles. The fourth-order valence-electron chi connectivity index (χ4n) is 2.18. The van der Waals surface area contributed by atoms with E-state index in [1.54, 1.807) is 0 Å². The van der Waals surface area contributed by atoms with E-state index in [0.717, 1.165) is 16.5 Å². The van der Waals surface area contributed by atoms with Crippen LogP contribution in [-0.2, 0) is 11.3 Å². The molecule has 1 atom stereocenters. The van der Waals surface area contributed by atoms with Crippen LogP contribution in [0.25, 0.3) is 11.4 Å². The van der Waals surface area contributed by atoms with Crippen LogP contribution in [0, 0.1) is 0 Å². The van der Waals surface area contributed by atoms with Crippen molar-refractivity contribution in [3.63, 3.8) is 0 Å². The van der Waals surface area contributed by atoms with E-state index in [-0.39, 0.29) is 16.7 Å². The summed E-state index contributed by atoms with van der Waals surface area (Å²) < 4.78 is 2.00. The number of nitrogens with zero attached hydrogens (tertiary/aromatic N) is 3. The summed E-state index contributed by atoms with van der Waals surface area (Å²) in [6.45, 7) is 10.5. The minimum absolute atomic E-state index is 0.0116. The molecule has 1 aromatic carbocycles. The van der Waals surface area contributed by atoms with Crippen LogP contribution < -0.4 is 5.32 Å². The Balaban J connectivity index is 2.22. The smallest absolute Gasteiger partial charge is 0.233 e. The number of hydrogen-bond donors (Lipinski definition) is 1. The van der Waals surface area contributed by atoms with Crippen molar-refractivity contribution in [2.45, 2.75) is 57.1 Å². The van der Waals surface area contributed by atoms with E-state index < -0.39 is 0 Å². The first-order chi connectivity index (χ1) is 11.2. The van der Waals surface area contributed by atoms with Crippen molar-refractivity contribution in [1.29, 1.82) is 0 Å². The van der Waals surface area contributed by atoms with Crippen molar-refractivity contribution < 1.29 is 4.79 Å². The van der Waals surface area contributed by atoms with Gasteiger partial charge in [0.15, 0.2) is 11.0 Å². The molecule has 5 nitrogen and oxygen atoms in total. The lowest BCUT2D eigenvalue weighted by Gasteiger charge is -2.22. The topological polar surface area (TPSA) is 59.8 Å². The first-order valence-electron chi connectivity index (χ1n) is 7.89. The first-order valence-corrected chi connectivity index (χ1v) is 9.15. The number of benzene rings is 1. The quantitative estimate of drug-likeness (QED) is 0.812. The van der Waals surface area contributed by atoms with E-state index in [2.05, 4.69) is 15.5 Å². The van der Waals surface area contributed by atoms with Crippen LogP contribution in [0.1, 0.15) is 34.6 Å². The average Bonchev–Trinajstić information content (AvgIpc) is 2.88. The highest BCUT2D eigenvalue weighted by atomic mass is 35.5. The molecule has 1 unspecified atom stereocenters. The number of halogens is 1. The van der Waals surface area contributed by atoms with Gasteiger partial charge in [0.25, 0.3) is 0 Å². The maximum atomic E-state index is 12.3. The normalized spacial score (nSPS) is 12.9. The lowest BCUT2D eigenvalue weighted by Crippen LogP contribution is -2.44. The summed E-state index contributed by atoms with van der Waals surface area (Å²) in [5, 5.41) is 12.7. The fraction of sp³-hybridized carbons (Fsp3) is 0.471. The third-order valence-corrected chi connectivity index (χ3v) is 4.58. The SMILES string of the molecule is CCn1c(SC(C)C(=O)NC(C)(C)C)nnc1-c1cccc(Cl)c1. The van der Waals surface area contributed by atoms with Crippen LogP contribution in [0.4, 0.5) is 0 Å². The van der Waals surface area contributed by atoms with E-state index in [0.29, 0.717) is 11.6 Å². The molecule has 1 heterocycles. The third-order valence-electron chi connectivity index (χ3n) is 3.27. The van der Waals surface area contributed by atoms with E-state index in [4.69, 9.17) is 11.6 Å². The van der Waals surface area contributed by atoms with Crippen molar-refractivity contribution in [3.05, 3.63) is 29.3 Å². The number of carbonyl (C=O) groups is 1. The highest BCUT2D eigenvalue weighted by molar-refractivity contribution is 8.00. The molecule has 1 N–H and O–H groups in total. The average molecular weight is 367 g/mol. The summed E-state index contributed by atoms with van der Waals surface area (Å²) in [7, 11) is 0. The van der Waals surface area contributed by atoms with Gasteiger partial charge < -0.3 is 9.88 Å². The van der Waals surface area contributed by atoms with E-state index >= 15 is 0 Å². The standard InChI is InChI=1S/C17H23ClN4OS/c1-6-22-14(12-8-7-9-13(18)10-12)20-21-16(22)24-11(2)15(23)19-17(3,4)5/h7-11H,6H2,1-5H3,(H,19,23). The Hall–Kier alpha value is -1.53. The lowest BCUT2D eigenvalue weighted by atomic mass is 10.1. The summed E-state index contributed by atoms with van der Waals surface area (Å²) in [6.07, 6.45) is 0. The Morgan fingerprint density at radius 1 is 1.38 bits per heavy atom. The molecular formula is C17H23ClN4OS. The molecule has 1 aromatic heterocycles. The Morgan fingerprint density at radius 3 is 2.67 bits per heavy atom. The van der Waals surface area contributed by atoms with Gasteiger partial charge in [0.2, 0.25) is 5.91 Å². The number of hydrogen-bond acceptors (Lipinski definition) is 4. The minimum atomic E-state index is -0.258. The summed E-state index contributed by atoms with van der Waals surface area (Å²) in [4.78, 5) is 12.3. The van der Waals surface area contributed by atoms with Gasteiger partial charge in [-0.25, -0.2) is 0 Å². The highest BCUT2D eigenvalue weighted by Crippen LogP contribution is 2.28. The van der Waals surface area contributed by atoms with Crippen LogP contribution in [0.5, 0.6) is 0 Å². The molecule has 24 heavy (non-hydrogen) atoms. The first kappa shape index (κ1) is 18.8. The number of carbonyl (C=O) groups excluding carboxylic acids is 1. The van der Waals surface area contributed by atoms with Crippen LogP contribution in [0.3, 0.4) is 0 Å². The van der Waals surface area contributed by atoms with Gasteiger partial charge in [-0.2, -0.15) is 0 Å². The molecular weight excluding hydrogens is 344 g/mol. The summed E-state index contributed by atoms with van der Waals surface area (Å²) in [5.41, 5.74) is 0.659. The molecule has 7 heteroatoms. The molecule has 0 saturated carbocycles. The van der Waals surface area contributed by atoms with Gasteiger partial charge in [-0.15, -0.1) is 10.2 Å². The number of nitrogens with one attached hydrogen (secondary N) is 1. The zero-order valence-electron chi connectivity index (χ0n) is 14.6. The van der Waals surface area contributed by atoms with Crippen molar-refractivity contribution in [1.82, 2.24) is 20.1 Å². The van der Waals surface area contributed by atoms with Crippen molar-refractivity contribution in [2.24, 2.45) is 0 Å². The lowest BCUT2D eigenvalue weighted by molar-refractivity contribution is -0.121. The van der Waals surface area contributed by atoms with E-state index in [1.165, 1.54) is 11.8 Å². The van der Waals surface area contributed by atoms with Gasteiger partial charge >= 0.3 is 0 Å². The fourth-order valence-corrected chi connectivity index (χ4v) is 3.29. The molecule has 2 aromatic rings. The van der Waals surface area contributed by atoms with Crippen molar-refractivity contribution >= 4 is 29.3 Å². The van der Waals surface area contributed by atoms with Gasteiger partial charge in [0.05, 0.1) is 5.25 Å². The van der Waals surface area contributed by atoms with E-state index in [9.17, 15) is 4.79 Å². The number of thioether (sulfide) groups is 1. The van der Waals surface area contributed by atoms with Gasteiger partial charge in [0.1, 0.15) is 0 Å². The minimum Gasteiger partial charge on any atom is -0.351 e. The summed E-state index contributed by atoms with van der Waals surface area (Å²) in [5.74, 6) is 0.744. The molecule has 0 aliphatic rings. The molecule has 0 aliphatic heterocycles. The zero-order valence-corrected chi connectivity index (χ0v) is 16.2. The highest BCUT2D eigenvalue weighted by Gasteiger charge is 2.23. The molecule has 2 rings (SSSR count). The second kappa shape index (κ2) is 7.57. The molecule has 0 spiro atoms. The maximum absolute atomic E-state index is 12.3. The molecule has 0 aliphatic carbocycles. The summed E-state index contributed by atoms with van der Waals surface area (Å²) >= 11 is 7.48. The molecule has 0 bridgehead atoms. The molecule has 1 amide bonds. The zero-order chi connectivity index (χ0) is 17.9. The third kappa shape index (κ3) is 4.74. The van der Waals surface area contributed by atoms with Gasteiger partial charge in [0, 0.05) is 22.7 Å². The largest absolute Gasteiger partial charge is 0.351 e. The van der Waals surface area contributed by atoms with Crippen LogP contribution in [0.2, 0.25) is 5.02 Å². The Labute approximate surface area is 152 Å². The predicted octanol–water partition coefficient (Wildman–Crippen LogP) is 4.01. The predicted molar refractivity (Wildman–Crippen MR) is 99.4 cm³/mol. The van der Waals surface area contributed by atoms with Crippen LogP contribution >= 0.6 is 23.4 Å². The van der Waals surface area contributed by atoms with Crippen LogP contribution in [0.15, 0.2) is 29.4 Å². The van der Waals surface area contributed by atoms with Crippen molar-refractivity contribution in [2.75, 3.05) is 0 Å². The number of aromatic nitrogens is 3. The Morgan fingerprint density at radius 2 is 2.08 bits per heavy atom. The monoisotopic (exact) mass is 366 g/mol. The van der Waals surface area contributed by atoms with Gasteiger partial charge in [-0.3, -0.25) is 4.79 Å². The number of rotatable bonds is 5. The maximum Gasteiger partial charge on any atom is 0.233 e. The van der Waals surface area contributed by atoms with Crippen molar-refractivity contribution in [3.8, 4) is 11.4 Å². The van der Waals surface area contributed by atoms with Crippen LogP contribution in [-0.4, -0.2) is 31.5 Å². The Kier molecular flexibility index (Phi) is 5.93. The Bertz CT molecular complexity index is 724. The molecule has 130 valence electrons. The number of amides is 1. The molecule has 0 radical (unpaired) electrons. The second-order valence-corrected chi connectivity index (χ2v) is 8.30. The van der Waals surface area contributed by atoms with E-state index in [1.807, 2.05) is 63.5 Å². The van der Waals surface area contributed by atoms with Gasteiger partial charge in [-0.05, 0) is 46.8 Å². The second-order valence-electron chi connectivity index (χ2n) is 6.56. The molecule has 0 fully saturated rings. The van der Waals surface area contributed by atoms with Gasteiger partial charge in [-0.1, -0.05) is 35.5 Å².